The van der Waals surface area contributed by atoms with Gasteiger partial charge < -0.3 is 9.15 Å². The summed E-state index contributed by atoms with van der Waals surface area (Å²) in [6.07, 6.45) is 1.47. The highest BCUT2D eigenvalue weighted by Crippen LogP contribution is 2.26. The number of ether oxygens (including phenoxy) is 1. The molecule has 0 saturated heterocycles. The number of carbonyl (C=O) groups is 1. The molecule has 2 aromatic carbocycles. The lowest BCUT2D eigenvalue weighted by Crippen LogP contribution is -2.28. The van der Waals surface area contributed by atoms with Crippen LogP contribution < -0.4 is 10.5 Å². The van der Waals surface area contributed by atoms with E-state index in [2.05, 4.69) is 9.71 Å². The second kappa shape index (κ2) is 7.76. The molecule has 4 rings (SSSR count). The summed E-state index contributed by atoms with van der Waals surface area (Å²) in [4.78, 5) is 28.9. The molecule has 0 radical (unpaired) electrons. The van der Waals surface area contributed by atoms with Crippen LogP contribution in [-0.2, 0) is 19.6 Å². The maximum absolute atomic E-state index is 12.6. The smallest absolute Gasteiger partial charge is 0.421 e. The van der Waals surface area contributed by atoms with E-state index in [-0.39, 0.29) is 21.1 Å². The van der Waals surface area contributed by atoms with Gasteiger partial charge in [-0.05, 0) is 17.7 Å². The van der Waals surface area contributed by atoms with Crippen LogP contribution in [0.1, 0.15) is 11.6 Å². The van der Waals surface area contributed by atoms with Gasteiger partial charge in [-0.15, -0.1) is 11.3 Å². The Morgan fingerprint density at radius 1 is 1.23 bits per heavy atom. The van der Waals surface area contributed by atoms with Gasteiger partial charge in [0.25, 0.3) is 10.0 Å². The molecule has 0 unspecified atom stereocenters. The number of aromatic nitrogens is 2. The van der Waals surface area contributed by atoms with Crippen LogP contribution in [0.4, 0.5) is 5.13 Å². The zero-order chi connectivity index (χ0) is 21.3. The zero-order valence-electron chi connectivity index (χ0n) is 15.5. The highest BCUT2D eigenvalue weighted by Gasteiger charge is 2.29. The third-order valence-electron chi connectivity index (χ3n) is 4.35. The number of esters is 1. The van der Waals surface area contributed by atoms with Gasteiger partial charge >= 0.3 is 11.7 Å². The molecule has 0 fully saturated rings. The van der Waals surface area contributed by atoms with Gasteiger partial charge in [-0.2, -0.15) is 0 Å². The second-order valence-corrected chi connectivity index (χ2v) is 8.72. The summed E-state index contributed by atoms with van der Waals surface area (Å²) in [6.45, 7) is 0. The van der Waals surface area contributed by atoms with Gasteiger partial charge in [0.1, 0.15) is 0 Å². The van der Waals surface area contributed by atoms with Crippen molar-refractivity contribution in [3.8, 4) is 0 Å². The monoisotopic (exact) mass is 445 g/mol. The Balaban J connectivity index is 1.82. The Morgan fingerprint density at radius 2 is 2.00 bits per heavy atom. The van der Waals surface area contributed by atoms with Crippen molar-refractivity contribution in [2.24, 2.45) is 0 Å². The third kappa shape index (κ3) is 3.60. The predicted octanol–water partition coefficient (Wildman–Crippen LogP) is 2.61. The van der Waals surface area contributed by atoms with Crippen molar-refractivity contribution in [1.29, 1.82) is 0 Å². The number of oxazole rings is 1. The number of sulfonamides is 1. The van der Waals surface area contributed by atoms with E-state index in [9.17, 15) is 18.0 Å². The fourth-order valence-corrected chi connectivity index (χ4v) is 4.82. The number of fused-ring (bicyclic) bond motifs is 1. The number of methoxy groups -OCH3 is 1. The molecule has 9 nitrogen and oxygen atoms in total. The van der Waals surface area contributed by atoms with Gasteiger partial charge in [0.05, 0.1) is 17.5 Å². The Hall–Kier alpha value is -3.44. The average molecular weight is 445 g/mol. The molecule has 1 atom stereocenters. The number of rotatable bonds is 6. The van der Waals surface area contributed by atoms with Gasteiger partial charge in [0, 0.05) is 17.6 Å². The van der Waals surface area contributed by atoms with Crippen LogP contribution in [0.3, 0.4) is 0 Å². The fraction of sp³-hybridized carbons (Fsp3) is 0.105. The highest BCUT2D eigenvalue weighted by atomic mass is 32.2. The molecule has 30 heavy (non-hydrogen) atoms. The van der Waals surface area contributed by atoms with E-state index in [1.54, 1.807) is 35.7 Å². The molecule has 0 saturated carbocycles. The third-order valence-corrected chi connectivity index (χ3v) is 6.50. The summed E-state index contributed by atoms with van der Waals surface area (Å²) in [6, 6.07) is 11.5. The Bertz CT molecular complexity index is 1360. The quantitative estimate of drug-likeness (QED) is 0.453. The number of anilines is 1. The van der Waals surface area contributed by atoms with Crippen molar-refractivity contribution in [2.75, 3.05) is 11.8 Å². The van der Waals surface area contributed by atoms with E-state index < -0.39 is 27.8 Å². The summed E-state index contributed by atoms with van der Waals surface area (Å²) in [7, 11) is -2.71. The van der Waals surface area contributed by atoms with E-state index in [0.717, 1.165) is 15.9 Å². The molecule has 4 aromatic rings. The molecule has 0 aliphatic carbocycles. The maximum Gasteiger partial charge on any atom is 0.421 e. The first kappa shape index (κ1) is 19.9. The van der Waals surface area contributed by atoms with Crippen LogP contribution in [-0.4, -0.2) is 31.0 Å². The van der Waals surface area contributed by atoms with E-state index >= 15 is 0 Å². The minimum absolute atomic E-state index is 0.0202. The molecule has 11 heteroatoms. The molecule has 0 spiro atoms. The van der Waals surface area contributed by atoms with Crippen molar-refractivity contribution in [2.45, 2.75) is 10.9 Å². The number of nitrogens with zero attached hydrogens (tertiary/aromatic N) is 2. The minimum atomic E-state index is -3.94. The van der Waals surface area contributed by atoms with E-state index in [4.69, 9.17) is 9.15 Å². The molecule has 2 heterocycles. The van der Waals surface area contributed by atoms with Crippen LogP contribution in [0, 0.1) is 0 Å². The van der Waals surface area contributed by atoms with Gasteiger partial charge in [0.15, 0.2) is 16.8 Å². The van der Waals surface area contributed by atoms with Crippen molar-refractivity contribution < 1.29 is 22.4 Å². The summed E-state index contributed by atoms with van der Waals surface area (Å²) >= 11 is 1.13. The number of thiazole rings is 1. The Morgan fingerprint density at radius 3 is 2.67 bits per heavy atom. The molecule has 1 N–H and O–H groups in total. The first-order valence-electron chi connectivity index (χ1n) is 8.61. The largest absolute Gasteiger partial charge is 0.467 e. The molecule has 0 amide bonds. The molecule has 2 aromatic heterocycles. The lowest BCUT2D eigenvalue weighted by atomic mass is 10.1. The van der Waals surface area contributed by atoms with Crippen molar-refractivity contribution >= 4 is 43.6 Å². The number of carbonyl (C=O) groups excluding carboxylic acids is 1. The van der Waals surface area contributed by atoms with Crippen molar-refractivity contribution in [1.82, 2.24) is 9.55 Å². The summed E-state index contributed by atoms with van der Waals surface area (Å²) < 4.78 is 38.8. The highest BCUT2D eigenvalue weighted by molar-refractivity contribution is 7.93. The molecule has 154 valence electrons. The zero-order valence-corrected chi connectivity index (χ0v) is 17.1. The van der Waals surface area contributed by atoms with E-state index in [1.165, 1.54) is 31.5 Å². The summed E-state index contributed by atoms with van der Waals surface area (Å²) in [5.41, 5.74) is 0.801. The molecule has 0 bridgehead atoms. The standard InChI is InChI=1S/C19H15N3O6S2/c1-27-17(23)16(12-5-3-2-4-6-12)22-14-8-7-13(11-15(14)28-19(22)24)30(25,26)21-18-20-9-10-29-18/h2-11,16H,1H3,(H,20,21)/t16-/m0/s1. The average Bonchev–Trinajstić information content (AvgIpc) is 3.35. The van der Waals surface area contributed by atoms with Crippen LogP contribution in [0.15, 0.2) is 74.2 Å². The van der Waals surface area contributed by atoms with Crippen molar-refractivity contribution in [3.63, 3.8) is 0 Å². The number of nitrogens with one attached hydrogen (secondary N) is 1. The first-order valence-corrected chi connectivity index (χ1v) is 11.0. The van der Waals surface area contributed by atoms with Gasteiger partial charge in [0.2, 0.25) is 0 Å². The lowest BCUT2D eigenvalue weighted by molar-refractivity contribution is -0.143. The normalized spacial score (nSPS) is 12.6. The fourth-order valence-electron chi connectivity index (χ4n) is 3.01. The number of hydrogen-bond donors (Lipinski definition) is 1. The van der Waals surface area contributed by atoms with Crippen LogP contribution in [0.5, 0.6) is 0 Å². The molecular weight excluding hydrogens is 430 g/mol. The van der Waals surface area contributed by atoms with Crippen LogP contribution in [0.2, 0.25) is 0 Å². The number of hydrogen-bond acceptors (Lipinski definition) is 8. The molecular formula is C19H15N3O6S2. The predicted molar refractivity (Wildman–Crippen MR) is 110 cm³/mol. The molecule has 0 aliphatic heterocycles. The van der Waals surface area contributed by atoms with E-state index in [0.29, 0.717) is 5.56 Å². The Kier molecular flexibility index (Phi) is 5.14. The second-order valence-electron chi connectivity index (χ2n) is 6.15. The van der Waals surface area contributed by atoms with Crippen molar-refractivity contribution in [3.05, 3.63) is 76.2 Å². The van der Waals surface area contributed by atoms with Gasteiger partial charge in [-0.3, -0.25) is 9.29 Å². The summed E-state index contributed by atoms with van der Waals surface area (Å²) in [5.74, 6) is -1.47. The summed E-state index contributed by atoms with van der Waals surface area (Å²) in [5, 5.41) is 1.85. The van der Waals surface area contributed by atoms with Gasteiger partial charge in [-0.25, -0.2) is 23.0 Å². The van der Waals surface area contributed by atoms with Crippen LogP contribution >= 0.6 is 11.3 Å². The van der Waals surface area contributed by atoms with E-state index in [1.807, 2.05) is 0 Å². The first-order chi connectivity index (χ1) is 14.4. The van der Waals surface area contributed by atoms with Gasteiger partial charge in [-0.1, -0.05) is 30.3 Å². The Labute approximate surface area is 174 Å². The minimum Gasteiger partial charge on any atom is -0.467 e. The topological polar surface area (TPSA) is 120 Å². The van der Waals surface area contributed by atoms with Crippen LogP contribution in [0.25, 0.3) is 11.1 Å². The number of benzene rings is 2. The molecule has 0 aliphatic rings. The lowest BCUT2D eigenvalue weighted by Gasteiger charge is -2.16. The maximum atomic E-state index is 12.6. The SMILES string of the molecule is COC(=O)[C@H](c1ccccc1)n1c(=O)oc2cc(S(=O)(=O)Nc3nccs3)ccc21.